The van der Waals surface area contributed by atoms with Crippen LogP contribution in [0.3, 0.4) is 0 Å². The van der Waals surface area contributed by atoms with Gasteiger partial charge in [-0.1, -0.05) is 0 Å². The van der Waals surface area contributed by atoms with E-state index in [4.69, 9.17) is 4.42 Å². The fraction of sp³-hybridized carbons (Fsp3) is 0.467. The van der Waals surface area contributed by atoms with Gasteiger partial charge in [-0.2, -0.15) is 18.3 Å². The summed E-state index contributed by atoms with van der Waals surface area (Å²) in [5.74, 6) is -1.13. The lowest BCUT2D eigenvalue weighted by atomic mass is 9.86. The Bertz CT molecular complexity index is 750. The van der Waals surface area contributed by atoms with Crippen LogP contribution in [0.25, 0.3) is 0 Å². The molecule has 0 spiro atoms. The monoisotopic (exact) mass is 371 g/mol. The molecule has 2 amide bonds. The number of carbonyl (C=O) groups is 2. The summed E-state index contributed by atoms with van der Waals surface area (Å²) in [6.45, 7) is -1.08. The van der Waals surface area contributed by atoms with E-state index in [1.807, 2.05) is 5.32 Å². The van der Waals surface area contributed by atoms with E-state index in [1.165, 1.54) is 28.2 Å². The highest BCUT2D eigenvalue weighted by molar-refractivity contribution is 5.92. The van der Waals surface area contributed by atoms with Crippen LogP contribution in [0, 0.1) is 0 Å². The molecule has 8 nitrogen and oxygen atoms in total. The Morgan fingerprint density at radius 2 is 2.04 bits per heavy atom. The number of carbonyl (C=O) groups excluding carboxylic acids is 2. The average molecular weight is 371 g/mol. The minimum Gasteiger partial charge on any atom is -0.451 e. The van der Waals surface area contributed by atoms with E-state index in [1.54, 1.807) is 6.07 Å². The second-order valence-corrected chi connectivity index (χ2v) is 5.95. The molecule has 1 N–H and O–H groups in total. The average Bonchev–Trinajstić information content (AvgIpc) is 3.31. The van der Waals surface area contributed by atoms with Crippen LogP contribution in [-0.2, 0) is 10.3 Å². The molecule has 1 aliphatic heterocycles. The third-order valence-electron chi connectivity index (χ3n) is 4.34. The minimum absolute atomic E-state index is 0.127. The molecule has 0 saturated carbocycles. The summed E-state index contributed by atoms with van der Waals surface area (Å²) in [6, 6.07) is 1.59. The van der Waals surface area contributed by atoms with Crippen molar-refractivity contribution in [2.24, 2.45) is 0 Å². The standard InChI is InChI=1S/C15H16F3N5O3/c16-15(17,18)9-19-13(25)14(23-5-1-4-21-23)2-6-22(7-3-14)12(24)11-8-26-10-20-11/h1,4-5,8,10H,2-3,6-7,9H2,(H,19,25). The predicted octanol–water partition coefficient (Wildman–Crippen LogP) is 1.18. The van der Waals surface area contributed by atoms with Crippen molar-refractivity contribution >= 4 is 11.8 Å². The van der Waals surface area contributed by atoms with Gasteiger partial charge in [0.15, 0.2) is 12.1 Å². The zero-order valence-electron chi connectivity index (χ0n) is 13.6. The van der Waals surface area contributed by atoms with E-state index in [9.17, 15) is 22.8 Å². The molecule has 0 unspecified atom stereocenters. The molecule has 0 radical (unpaired) electrons. The summed E-state index contributed by atoms with van der Waals surface area (Å²) in [7, 11) is 0. The van der Waals surface area contributed by atoms with E-state index in [0.717, 1.165) is 6.39 Å². The van der Waals surface area contributed by atoms with Crippen molar-refractivity contribution in [3.63, 3.8) is 0 Å². The predicted molar refractivity (Wildman–Crippen MR) is 80.9 cm³/mol. The molecule has 26 heavy (non-hydrogen) atoms. The molecule has 3 heterocycles. The number of piperidine rings is 1. The number of alkyl halides is 3. The van der Waals surface area contributed by atoms with Crippen LogP contribution in [-0.4, -0.2) is 57.3 Å². The normalized spacial score (nSPS) is 17.1. The second kappa shape index (κ2) is 6.81. The molecule has 0 atom stereocenters. The molecule has 0 bridgehead atoms. The zero-order valence-corrected chi connectivity index (χ0v) is 13.6. The summed E-state index contributed by atoms with van der Waals surface area (Å²) in [6.07, 6.45) is 1.08. The van der Waals surface area contributed by atoms with E-state index >= 15 is 0 Å². The summed E-state index contributed by atoms with van der Waals surface area (Å²) in [5.41, 5.74) is -1.15. The number of aromatic nitrogens is 3. The van der Waals surface area contributed by atoms with Crippen LogP contribution in [0.2, 0.25) is 0 Å². The van der Waals surface area contributed by atoms with Crippen molar-refractivity contribution in [3.05, 3.63) is 36.8 Å². The minimum atomic E-state index is -4.51. The van der Waals surface area contributed by atoms with Gasteiger partial charge in [-0.3, -0.25) is 14.3 Å². The van der Waals surface area contributed by atoms with E-state index in [-0.39, 0.29) is 37.5 Å². The number of amides is 2. The fourth-order valence-corrected chi connectivity index (χ4v) is 2.99. The topological polar surface area (TPSA) is 93.3 Å². The number of hydrogen-bond acceptors (Lipinski definition) is 5. The Morgan fingerprint density at radius 1 is 1.31 bits per heavy atom. The molecule has 1 saturated heterocycles. The lowest BCUT2D eigenvalue weighted by molar-refractivity contribution is -0.146. The molecule has 140 valence electrons. The summed E-state index contributed by atoms with van der Waals surface area (Å²) in [4.78, 5) is 30.2. The van der Waals surface area contributed by atoms with Gasteiger partial charge in [0, 0.05) is 25.5 Å². The highest BCUT2D eigenvalue weighted by atomic mass is 19.4. The number of hydrogen-bond donors (Lipinski definition) is 1. The summed E-state index contributed by atoms with van der Waals surface area (Å²) >= 11 is 0. The van der Waals surface area contributed by atoms with Crippen molar-refractivity contribution in [2.45, 2.75) is 24.6 Å². The van der Waals surface area contributed by atoms with Crippen LogP contribution in [0.15, 0.2) is 35.5 Å². The molecular formula is C15H16F3N5O3. The van der Waals surface area contributed by atoms with Crippen molar-refractivity contribution in [1.29, 1.82) is 0 Å². The molecule has 3 rings (SSSR count). The van der Waals surface area contributed by atoms with E-state index < -0.39 is 24.2 Å². The smallest absolute Gasteiger partial charge is 0.405 e. The fourth-order valence-electron chi connectivity index (χ4n) is 2.99. The van der Waals surface area contributed by atoms with E-state index in [2.05, 4.69) is 10.1 Å². The Morgan fingerprint density at radius 3 is 2.58 bits per heavy atom. The maximum atomic E-state index is 12.6. The van der Waals surface area contributed by atoms with Gasteiger partial charge in [0.05, 0.1) is 0 Å². The first kappa shape index (κ1) is 18.0. The van der Waals surface area contributed by atoms with Crippen molar-refractivity contribution in [3.8, 4) is 0 Å². The molecule has 2 aromatic heterocycles. The number of nitrogens with one attached hydrogen (secondary N) is 1. The van der Waals surface area contributed by atoms with Crippen molar-refractivity contribution < 1.29 is 27.2 Å². The van der Waals surface area contributed by atoms with E-state index in [0.29, 0.717) is 0 Å². The van der Waals surface area contributed by atoms with Crippen molar-refractivity contribution in [2.75, 3.05) is 19.6 Å². The Balaban J connectivity index is 1.75. The Kier molecular flexibility index (Phi) is 4.70. The molecule has 0 aromatic carbocycles. The molecular weight excluding hydrogens is 355 g/mol. The zero-order chi connectivity index (χ0) is 18.8. The van der Waals surface area contributed by atoms with Gasteiger partial charge >= 0.3 is 6.18 Å². The molecule has 1 fully saturated rings. The van der Waals surface area contributed by atoms with Gasteiger partial charge in [-0.05, 0) is 18.9 Å². The van der Waals surface area contributed by atoms with Gasteiger partial charge in [0.2, 0.25) is 5.91 Å². The molecule has 2 aromatic rings. The summed E-state index contributed by atoms with van der Waals surface area (Å²) in [5, 5.41) is 5.98. The number of rotatable bonds is 4. The van der Waals surface area contributed by atoms with Gasteiger partial charge in [-0.15, -0.1) is 0 Å². The van der Waals surface area contributed by atoms with Crippen LogP contribution >= 0.6 is 0 Å². The first-order chi connectivity index (χ1) is 12.3. The maximum absolute atomic E-state index is 12.6. The number of nitrogens with zero attached hydrogens (tertiary/aromatic N) is 4. The first-order valence-electron chi connectivity index (χ1n) is 7.84. The van der Waals surface area contributed by atoms with Crippen molar-refractivity contribution in [1.82, 2.24) is 25.0 Å². The molecule has 11 heteroatoms. The maximum Gasteiger partial charge on any atom is 0.405 e. The van der Waals surface area contributed by atoms with Crippen LogP contribution < -0.4 is 5.32 Å². The highest BCUT2D eigenvalue weighted by Crippen LogP contribution is 2.31. The van der Waals surface area contributed by atoms with Crippen LogP contribution in [0.1, 0.15) is 23.3 Å². The largest absolute Gasteiger partial charge is 0.451 e. The van der Waals surface area contributed by atoms with Gasteiger partial charge in [0.1, 0.15) is 18.3 Å². The third kappa shape index (κ3) is 3.55. The Hall–Kier alpha value is -2.85. The van der Waals surface area contributed by atoms with Crippen LogP contribution in [0.5, 0.6) is 0 Å². The summed E-state index contributed by atoms with van der Waals surface area (Å²) < 4.78 is 43.6. The number of halogens is 3. The molecule has 1 aliphatic rings. The first-order valence-corrected chi connectivity index (χ1v) is 7.84. The lowest BCUT2D eigenvalue weighted by Gasteiger charge is -2.40. The second-order valence-electron chi connectivity index (χ2n) is 5.95. The number of oxazole rings is 1. The lowest BCUT2D eigenvalue weighted by Crippen LogP contribution is -2.57. The van der Waals surface area contributed by atoms with Crippen LogP contribution in [0.4, 0.5) is 13.2 Å². The third-order valence-corrected chi connectivity index (χ3v) is 4.34. The molecule has 0 aliphatic carbocycles. The SMILES string of the molecule is O=C(c1cocn1)N1CCC(C(=O)NCC(F)(F)F)(n2cccn2)CC1. The number of likely N-dealkylation sites (tertiary alicyclic amines) is 1. The van der Waals surface area contributed by atoms with Gasteiger partial charge < -0.3 is 14.6 Å². The Labute approximate surface area is 146 Å². The van der Waals surface area contributed by atoms with Gasteiger partial charge in [0.25, 0.3) is 5.91 Å². The quantitative estimate of drug-likeness (QED) is 0.871. The van der Waals surface area contributed by atoms with Gasteiger partial charge in [-0.25, -0.2) is 4.98 Å². The highest BCUT2D eigenvalue weighted by Gasteiger charge is 2.45.